The predicted octanol–water partition coefficient (Wildman–Crippen LogP) is 4.97. The van der Waals surface area contributed by atoms with E-state index in [2.05, 4.69) is 9.44 Å². The topological polar surface area (TPSA) is 105 Å². The summed E-state index contributed by atoms with van der Waals surface area (Å²) in [7, 11) is -8.81. The molecule has 32 heavy (non-hydrogen) atoms. The Morgan fingerprint density at radius 3 is 2.22 bits per heavy atom. The van der Waals surface area contributed by atoms with Gasteiger partial charge >= 0.3 is 0 Å². The molecule has 4 aromatic rings. The molecule has 0 saturated heterocycles. The van der Waals surface area contributed by atoms with Gasteiger partial charge in [0.2, 0.25) is 5.09 Å². The molecule has 0 saturated carbocycles. The van der Waals surface area contributed by atoms with Gasteiger partial charge in [-0.2, -0.15) is 8.42 Å². The Bertz CT molecular complexity index is 1520. The maximum Gasteiger partial charge on any atom is 0.295 e. The van der Waals surface area contributed by atoms with Crippen molar-refractivity contribution in [3.05, 3.63) is 83.4 Å². The van der Waals surface area contributed by atoms with Gasteiger partial charge in [-0.15, -0.1) is 0 Å². The summed E-state index contributed by atoms with van der Waals surface area (Å²) in [6.07, 6.45) is 0. The lowest BCUT2D eigenvalue weighted by molar-refractivity contribution is 0.484. The first-order valence-corrected chi connectivity index (χ1v) is 12.2. The zero-order valence-electron chi connectivity index (χ0n) is 15.8. The average molecular weight is 499 g/mol. The van der Waals surface area contributed by atoms with E-state index < -0.39 is 41.7 Å². The van der Waals surface area contributed by atoms with Crippen LogP contribution in [0.4, 0.5) is 20.2 Å². The molecule has 4 rings (SSSR count). The minimum Gasteiger partial charge on any atom is -0.443 e. The fourth-order valence-corrected chi connectivity index (χ4v) is 5.22. The number of hydrogen-bond donors (Lipinski definition) is 2. The molecule has 0 spiro atoms. The molecule has 2 N–H and O–H groups in total. The Balaban J connectivity index is 1.70. The van der Waals surface area contributed by atoms with E-state index >= 15 is 0 Å². The van der Waals surface area contributed by atoms with E-state index in [4.69, 9.17) is 16.0 Å². The zero-order valence-corrected chi connectivity index (χ0v) is 18.2. The molecule has 0 aliphatic carbocycles. The Morgan fingerprint density at radius 1 is 0.781 bits per heavy atom. The van der Waals surface area contributed by atoms with Crippen molar-refractivity contribution in [2.75, 3.05) is 9.44 Å². The van der Waals surface area contributed by atoms with Crippen LogP contribution in [0.3, 0.4) is 0 Å². The predicted molar refractivity (Wildman–Crippen MR) is 116 cm³/mol. The maximum atomic E-state index is 14.0. The van der Waals surface area contributed by atoms with Crippen molar-refractivity contribution >= 4 is 54.0 Å². The largest absolute Gasteiger partial charge is 0.443 e. The lowest BCUT2D eigenvalue weighted by Crippen LogP contribution is -2.18. The highest BCUT2D eigenvalue weighted by Crippen LogP contribution is 2.32. The second-order valence-corrected chi connectivity index (χ2v) is 10.3. The normalized spacial score (nSPS) is 12.1. The molecule has 0 radical (unpaired) electrons. The van der Waals surface area contributed by atoms with Crippen molar-refractivity contribution in [3.8, 4) is 0 Å². The molecule has 0 aliphatic rings. The fraction of sp³-hybridized carbons (Fsp3) is 0. The molecular formula is C20H13ClF2N2O5S2. The van der Waals surface area contributed by atoms with Crippen LogP contribution >= 0.6 is 11.6 Å². The standard InChI is InChI=1S/C20H13ClF2N2O5S2/c21-13-5-7-16(24-31(26,27)19-8-6-14(22)11-15(19)23)17(10-13)25-32(28,29)20-9-12-3-1-2-4-18(12)30-20/h1-11,24-25H. The Labute approximate surface area is 186 Å². The highest BCUT2D eigenvalue weighted by Gasteiger charge is 2.24. The first kappa shape index (κ1) is 22.1. The summed E-state index contributed by atoms with van der Waals surface area (Å²) in [5.74, 6) is -2.26. The van der Waals surface area contributed by atoms with Crippen molar-refractivity contribution in [3.63, 3.8) is 0 Å². The van der Waals surface area contributed by atoms with E-state index in [0.717, 1.165) is 12.1 Å². The zero-order chi connectivity index (χ0) is 23.1. The molecule has 0 atom stereocenters. The first-order valence-electron chi connectivity index (χ1n) is 8.84. The third kappa shape index (κ3) is 4.40. The van der Waals surface area contributed by atoms with Gasteiger partial charge in [-0.25, -0.2) is 17.2 Å². The molecule has 0 unspecified atom stereocenters. The number of rotatable bonds is 6. The maximum absolute atomic E-state index is 14.0. The summed E-state index contributed by atoms with van der Waals surface area (Å²) < 4.78 is 87.7. The van der Waals surface area contributed by atoms with Crippen molar-refractivity contribution in [1.29, 1.82) is 0 Å². The molecule has 12 heteroatoms. The summed E-state index contributed by atoms with van der Waals surface area (Å²) in [6.45, 7) is 0. The lowest BCUT2D eigenvalue weighted by Gasteiger charge is -2.14. The molecule has 0 bridgehead atoms. The summed E-state index contributed by atoms with van der Waals surface area (Å²) in [5.41, 5.74) is -0.131. The van der Waals surface area contributed by atoms with Crippen molar-refractivity contribution in [1.82, 2.24) is 0 Å². The van der Waals surface area contributed by atoms with Crippen LogP contribution in [-0.4, -0.2) is 16.8 Å². The van der Waals surface area contributed by atoms with Crippen LogP contribution in [0.5, 0.6) is 0 Å². The van der Waals surface area contributed by atoms with Gasteiger partial charge in [-0.3, -0.25) is 9.44 Å². The molecular weight excluding hydrogens is 486 g/mol. The quantitative estimate of drug-likeness (QED) is 0.390. The minimum absolute atomic E-state index is 0.100. The van der Waals surface area contributed by atoms with Gasteiger partial charge in [0.25, 0.3) is 20.0 Å². The van der Waals surface area contributed by atoms with Gasteiger partial charge in [-0.1, -0.05) is 29.8 Å². The van der Waals surface area contributed by atoms with Crippen molar-refractivity contribution in [2.45, 2.75) is 9.99 Å². The third-order valence-electron chi connectivity index (χ3n) is 4.32. The number of para-hydroxylation sites is 1. The highest BCUT2D eigenvalue weighted by molar-refractivity contribution is 7.93. The van der Waals surface area contributed by atoms with Crippen LogP contribution in [0, 0.1) is 11.6 Å². The molecule has 166 valence electrons. The summed E-state index contributed by atoms with van der Waals surface area (Å²) >= 11 is 5.95. The number of hydrogen-bond acceptors (Lipinski definition) is 5. The lowest BCUT2D eigenvalue weighted by atomic mass is 10.3. The van der Waals surface area contributed by atoms with E-state index in [9.17, 15) is 25.6 Å². The monoisotopic (exact) mass is 498 g/mol. The highest BCUT2D eigenvalue weighted by atomic mass is 35.5. The summed E-state index contributed by atoms with van der Waals surface area (Å²) in [4.78, 5) is -0.819. The van der Waals surface area contributed by atoms with E-state index in [1.54, 1.807) is 24.3 Å². The smallest absolute Gasteiger partial charge is 0.295 e. The van der Waals surface area contributed by atoms with E-state index in [0.29, 0.717) is 17.0 Å². The molecule has 0 amide bonds. The van der Waals surface area contributed by atoms with Gasteiger partial charge in [-0.05, 0) is 36.4 Å². The minimum atomic E-state index is -4.53. The molecule has 0 fully saturated rings. The van der Waals surface area contributed by atoms with E-state index in [1.165, 1.54) is 24.3 Å². The number of sulfonamides is 2. The first-order chi connectivity index (χ1) is 15.0. The summed E-state index contributed by atoms with van der Waals surface area (Å²) in [6, 6.07) is 13.6. The van der Waals surface area contributed by atoms with Gasteiger partial charge in [0.05, 0.1) is 11.4 Å². The van der Waals surface area contributed by atoms with Gasteiger partial charge in [0.1, 0.15) is 22.1 Å². The van der Waals surface area contributed by atoms with Crippen LogP contribution in [-0.2, 0) is 20.0 Å². The van der Waals surface area contributed by atoms with E-state index in [-0.39, 0.29) is 16.4 Å². The van der Waals surface area contributed by atoms with Gasteiger partial charge in [0.15, 0.2) is 0 Å². The van der Waals surface area contributed by atoms with Crippen LogP contribution in [0.1, 0.15) is 0 Å². The number of fused-ring (bicyclic) bond motifs is 1. The number of benzene rings is 3. The van der Waals surface area contributed by atoms with Crippen LogP contribution < -0.4 is 9.44 Å². The SMILES string of the molecule is O=S(=O)(Nc1cc(Cl)ccc1NS(=O)(=O)c1ccc(F)cc1F)c1cc2ccccc2o1. The molecule has 0 aliphatic heterocycles. The van der Waals surface area contributed by atoms with Gasteiger partial charge < -0.3 is 4.42 Å². The second-order valence-electron chi connectivity index (χ2n) is 6.58. The number of anilines is 2. The number of furan rings is 1. The molecule has 7 nitrogen and oxygen atoms in total. The molecule has 3 aromatic carbocycles. The van der Waals surface area contributed by atoms with Gasteiger partial charge in [0, 0.05) is 22.5 Å². The number of nitrogens with one attached hydrogen (secondary N) is 2. The van der Waals surface area contributed by atoms with Crippen LogP contribution in [0.25, 0.3) is 11.0 Å². The Hall–Kier alpha value is -3.15. The summed E-state index contributed by atoms with van der Waals surface area (Å²) in [5, 5.41) is 0.243. The Kier molecular flexibility index (Phi) is 5.57. The third-order valence-corrected chi connectivity index (χ3v) is 7.17. The molecule has 1 heterocycles. The fourth-order valence-electron chi connectivity index (χ4n) is 2.87. The van der Waals surface area contributed by atoms with E-state index in [1.807, 2.05) is 0 Å². The van der Waals surface area contributed by atoms with Crippen LogP contribution in [0.15, 0.2) is 81.1 Å². The second kappa shape index (κ2) is 8.08. The van der Waals surface area contributed by atoms with Crippen molar-refractivity contribution < 1.29 is 30.0 Å². The van der Waals surface area contributed by atoms with Crippen LogP contribution in [0.2, 0.25) is 5.02 Å². The number of halogens is 3. The average Bonchev–Trinajstić information content (AvgIpc) is 3.15. The Morgan fingerprint density at radius 2 is 1.50 bits per heavy atom. The molecule has 1 aromatic heterocycles. The van der Waals surface area contributed by atoms with Crippen molar-refractivity contribution in [2.24, 2.45) is 0 Å².